The average molecular weight is 144 g/mol. The molecule has 1 heterocycles. The lowest BCUT2D eigenvalue weighted by Gasteiger charge is -1.98. The van der Waals surface area contributed by atoms with Crippen molar-refractivity contribution in [2.75, 3.05) is 0 Å². The van der Waals surface area contributed by atoms with Gasteiger partial charge in [0.15, 0.2) is 0 Å². The van der Waals surface area contributed by atoms with Crippen molar-refractivity contribution >= 4 is 23.8 Å². The SMILES string of the molecule is NC(=O)C1=NSOC=C1. The quantitative estimate of drug-likeness (QED) is 0.416. The summed E-state index contributed by atoms with van der Waals surface area (Å²) in [5.74, 6) is -0.540. The number of carbonyl (C=O) groups is 1. The van der Waals surface area contributed by atoms with Crippen LogP contribution < -0.4 is 5.73 Å². The Morgan fingerprint density at radius 2 is 2.67 bits per heavy atom. The Bertz CT molecular complexity index is 187. The van der Waals surface area contributed by atoms with Crippen LogP contribution in [0.15, 0.2) is 16.7 Å². The third kappa shape index (κ3) is 1.46. The monoisotopic (exact) mass is 144 g/mol. The summed E-state index contributed by atoms with van der Waals surface area (Å²) in [7, 11) is 0. The number of hydrogen-bond donors (Lipinski definition) is 1. The normalized spacial score (nSPS) is 16.2. The van der Waals surface area contributed by atoms with Crippen LogP contribution in [0.2, 0.25) is 0 Å². The van der Waals surface area contributed by atoms with E-state index in [1.807, 2.05) is 0 Å². The predicted octanol–water partition coefficient (Wildman–Crippen LogP) is 0.0198. The summed E-state index contributed by atoms with van der Waals surface area (Å²) < 4.78 is 8.17. The first-order valence-electron chi connectivity index (χ1n) is 2.17. The molecule has 4 nitrogen and oxygen atoms in total. The highest BCUT2D eigenvalue weighted by molar-refractivity contribution is 7.93. The molecule has 0 fully saturated rings. The summed E-state index contributed by atoms with van der Waals surface area (Å²) in [6, 6.07) is 0. The molecule has 0 saturated carbocycles. The third-order valence-corrected chi connectivity index (χ3v) is 1.18. The maximum absolute atomic E-state index is 10.3. The number of nitrogens with zero attached hydrogens (tertiary/aromatic N) is 1. The minimum Gasteiger partial charge on any atom is -0.412 e. The fraction of sp³-hybridized carbons (Fsp3) is 0. The molecule has 48 valence electrons. The second-order valence-corrected chi connectivity index (χ2v) is 1.84. The van der Waals surface area contributed by atoms with Crippen LogP contribution in [0.5, 0.6) is 0 Å². The molecule has 0 spiro atoms. The lowest BCUT2D eigenvalue weighted by molar-refractivity contribution is -0.111. The maximum atomic E-state index is 10.3. The van der Waals surface area contributed by atoms with Crippen molar-refractivity contribution in [3.63, 3.8) is 0 Å². The van der Waals surface area contributed by atoms with Gasteiger partial charge in [0.25, 0.3) is 5.91 Å². The Balaban J connectivity index is 2.69. The molecule has 2 N–H and O–H groups in total. The molecule has 0 radical (unpaired) electrons. The third-order valence-electron chi connectivity index (χ3n) is 0.713. The van der Waals surface area contributed by atoms with Crippen molar-refractivity contribution in [2.24, 2.45) is 10.1 Å². The van der Waals surface area contributed by atoms with E-state index in [1.54, 1.807) is 0 Å². The second kappa shape index (κ2) is 2.54. The molecule has 0 atom stereocenters. The molecule has 0 bridgehead atoms. The van der Waals surface area contributed by atoms with Crippen molar-refractivity contribution in [1.29, 1.82) is 0 Å². The fourth-order valence-electron chi connectivity index (χ4n) is 0.336. The van der Waals surface area contributed by atoms with Gasteiger partial charge in [0.1, 0.15) is 12.0 Å². The first-order valence-corrected chi connectivity index (χ1v) is 2.87. The molecule has 0 aromatic rings. The highest BCUT2D eigenvalue weighted by Gasteiger charge is 2.05. The lowest BCUT2D eigenvalue weighted by atomic mass is 10.3. The van der Waals surface area contributed by atoms with Gasteiger partial charge in [-0.1, -0.05) is 0 Å². The molecule has 5 heteroatoms. The first kappa shape index (κ1) is 6.15. The summed E-state index contributed by atoms with van der Waals surface area (Å²) in [6.45, 7) is 0. The van der Waals surface area contributed by atoms with Crippen LogP contribution in [-0.4, -0.2) is 11.6 Å². The Morgan fingerprint density at radius 3 is 3.00 bits per heavy atom. The van der Waals surface area contributed by atoms with Gasteiger partial charge in [0.2, 0.25) is 12.2 Å². The largest absolute Gasteiger partial charge is 0.412 e. The fourth-order valence-corrected chi connectivity index (χ4v) is 0.716. The summed E-state index contributed by atoms with van der Waals surface area (Å²) in [5, 5.41) is 0. The van der Waals surface area contributed by atoms with Crippen LogP contribution in [0.3, 0.4) is 0 Å². The zero-order valence-electron chi connectivity index (χ0n) is 4.40. The van der Waals surface area contributed by atoms with E-state index in [0.29, 0.717) is 0 Å². The van der Waals surface area contributed by atoms with E-state index in [9.17, 15) is 4.79 Å². The molecular formula is C4H4N2O2S. The van der Waals surface area contributed by atoms with Gasteiger partial charge >= 0.3 is 0 Å². The number of rotatable bonds is 1. The molecule has 0 aromatic carbocycles. The van der Waals surface area contributed by atoms with Crippen LogP contribution >= 0.6 is 12.2 Å². The van der Waals surface area contributed by atoms with E-state index < -0.39 is 5.91 Å². The molecular weight excluding hydrogens is 140 g/mol. The minimum absolute atomic E-state index is 0.228. The Kier molecular flexibility index (Phi) is 1.74. The Morgan fingerprint density at radius 1 is 1.89 bits per heavy atom. The molecule has 9 heavy (non-hydrogen) atoms. The van der Waals surface area contributed by atoms with Gasteiger partial charge in [0, 0.05) is 6.08 Å². The number of primary amides is 1. The van der Waals surface area contributed by atoms with Crippen LogP contribution in [0.25, 0.3) is 0 Å². The minimum atomic E-state index is -0.540. The van der Waals surface area contributed by atoms with E-state index in [0.717, 1.165) is 12.2 Å². The van der Waals surface area contributed by atoms with E-state index in [-0.39, 0.29) is 5.71 Å². The number of amides is 1. The summed E-state index contributed by atoms with van der Waals surface area (Å²) >= 11 is 0.832. The molecule has 1 amide bonds. The average Bonchev–Trinajstić information content (AvgIpc) is 1.90. The zero-order valence-corrected chi connectivity index (χ0v) is 5.22. The van der Waals surface area contributed by atoms with E-state index in [1.165, 1.54) is 12.3 Å². The van der Waals surface area contributed by atoms with E-state index in [4.69, 9.17) is 5.73 Å². The maximum Gasteiger partial charge on any atom is 0.268 e. The highest BCUT2D eigenvalue weighted by Crippen LogP contribution is 2.09. The van der Waals surface area contributed by atoms with Gasteiger partial charge in [-0.15, -0.1) is 0 Å². The topological polar surface area (TPSA) is 64.7 Å². The number of hydrogen-bond acceptors (Lipinski definition) is 4. The number of nitrogens with two attached hydrogens (primary N) is 1. The Hall–Kier alpha value is -0.970. The van der Waals surface area contributed by atoms with Crippen molar-refractivity contribution in [2.45, 2.75) is 0 Å². The van der Waals surface area contributed by atoms with Crippen molar-refractivity contribution in [1.82, 2.24) is 0 Å². The van der Waals surface area contributed by atoms with Crippen LogP contribution in [0.4, 0.5) is 0 Å². The molecule has 0 saturated heterocycles. The zero-order chi connectivity index (χ0) is 6.69. The van der Waals surface area contributed by atoms with Crippen LogP contribution in [0, 0.1) is 0 Å². The van der Waals surface area contributed by atoms with Crippen molar-refractivity contribution < 1.29 is 8.98 Å². The van der Waals surface area contributed by atoms with Gasteiger partial charge in [-0.05, 0) is 0 Å². The second-order valence-electron chi connectivity index (χ2n) is 1.31. The van der Waals surface area contributed by atoms with Gasteiger partial charge in [-0.3, -0.25) is 4.79 Å². The summed E-state index contributed by atoms with van der Waals surface area (Å²) in [6.07, 6.45) is 2.77. The van der Waals surface area contributed by atoms with E-state index >= 15 is 0 Å². The smallest absolute Gasteiger partial charge is 0.268 e. The predicted molar refractivity (Wildman–Crippen MR) is 34.4 cm³/mol. The molecule has 1 aliphatic rings. The molecule has 0 unspecified atom stereocenters. The van der Waals surface area contributed by atoms with Crippen LogP contribution in [0.1, 0.15) is 0 Å². The molecule has 0 aromatic heterocycles. The first-order chi connectivity index (χ1) is 4.30. The van der Waals surface area contributed by atoms with Gasteiger partial charge in [0.05, 0.1) is 0 Å². The lowest BCUT2D eigenvalue weighted by Crippen LogP contribution is -2.21. The van der Waals surface area contributed by atoms with Gasteiger partial charge in [-0.25, -0.2) is 0 Å². The number of carbonyl (C=O) groups excluding carboxylic acids is 1. The summed E-state index contributed by atoms with van der Waals surface area (Å²) in [4.78, 5) is 10.3. The molecule has 1 aliphatic heterocycles. The van der Waals surface area contributed by atoms with E-state index in [2.05, 4.69) is 8.58 Å². The Labute approximate surface area is 56.1 Å². The molecule has 0 aliphatic carbocycles. The van der Waals surface area contributed by atoms with Gasteiger partial charge < -0.3 is 9.92 Å². The van der Waals surface area contributed by atoms with Crippen LogP contribution in [-0.2, 0) is 8.98 Å². The van der Waals surface area contributed by atoms with Crippen molar-refractivity contribution in [3.8, 4) is 0 Å². The summed E-state index contributed by atoms with van der Waals surface area (Å²) in [5.41, 5.74) is 5.11. The standard InChI is InChI=1S/C4H4N2O2S/c5-4(7)3-1-2-8-9-6-3/h1-2H,(H2,5,7). The highest BCUT2D eigenvalue weighted by atomic mass is 32.2. The molecule has 1 rings (SSSR count). The van der Waals surface area contributed by atoms with Crippen molar-refractivity contribution in [3.05, 3.63) is 12.3 Å². The van der Waals surface area contributed by atoms with Gasteiger partial charge in [-0.2, -0.15) is 4.40 Å².